The van der Waals surface area contributed by atoms with Gasteiger partial charge >= 0.3 is 0 Å². The molecule has 0 aromatic carbocycles. The summed E-state index contributed by atoms with van der Waals surface area (Å²) in [4.78, 5) is 4.56. The topological polar surface area (TPSA) is 34.1 Å². The second kappa shape index (κ2) is 7.15. The number of hydrogen-bond donors (Lipinski definition) is 1. The number of ether oxygens (including phenoxy) is 1. The van der Waals surface area contributed by atoms with Gasteiger partial charge in [0.2, 0.25) is 0 Å². The first-order valence-corrected chi connectivity index (χ1v) is 8.27. The van der Waals surface area contributed by atoms with E-state index in [-0.39, 0.29) is 0 Å². The van der Waals surface area contributed by atoms with Crippen LogP contribution in [0, 0.1) is 6.92 Å². The van der Waals surface area contributed by atoms with Crippen LogP contribution in [0.25, 0.3) is 0 Å². The summed E-state index contributed by atoms with van der Waals surface area (Å²) in [6.07, 6.45) is 7.51. The second-order valence-electron chi connectivity index (χ2n) is 5.24. The molecule has 0 saturated heterocycles. The number of aromatic nitrogens is 1. The van der Waals surface area contributed by atoms with Gasteiger partial charge in [-0.3, -0.25) is 4.98 Å². The number of aryl methyl sites for hydroxylation is 1. The molecule has 1 aromatic heterocycles. The number of nitrogens with zero attached hydrogens (tertiary/aromatic N) is 1. The predicted octanol–water partition coefficient (Wildman–Crippen LogP) is 3.16. The van der Waals surface area contributed by atoms with Crippen molar-refractivity contribution in [2.24, 2.45) is 0 Å². The van der Waals surface area contributed by atoms with Gasteiger partial charge in [-0.1, -0.05) is 6.42 Å². The van der Waals surface area contributed by atoms with Crippen LogP contribution in [-0.4, -0.2) is 29.6 Å². The number of rotatable bonds is 5. The fourth-order valence-electron chi connectivity index (χ4n) is 2.70. The largest absolute Gasteiger partial charge is 0.497 e. The van der Waals surface area contributed by atoms with Gasteiger partial charge in [0.25, 0.3) is 0 Å². The molecule has 1 aliphatic rings. The van der Waals surface area contributed by atoms with E-state index >= 15 is 0 Å². The van der Waals surface area contributed by atoms with Crippen molar-refractivity contribution >= 4 is 11.8 Å². The molecule has 2 rings (SSSR count). The molecular weight excluding hydrogens is 256 g/mol. The third-order valence-corrected chi connectivity index (χ3v) is 4.84. The van der Waals surface area contributed by atoms with Gasteiger partial charge in [0.1, 0.15) is 5.75 Å². The normalized spacial score (nSPS) is 23.3. The molecule has 0 aliphatic heterocycles. The fraction of sp³-hybridized carbons (Fsp3) is 0.667. The molecule has 19 heavy (non-hydrogen) atoms. The minimum Gasteiger partial charge on any atom is -0.497 e. The third kappa shape index (κ3) is 4.39. The Bertz CT molecular complexity index is 411. The number of hydrogen-bond acceptors (Lipinski definition) is 4. The lowest BCUT2D eigenvalue weighted by Gasteiger charge is -2.28. The molecule has 106 valence electrons. The lowest BCUT2D eigenvalue weighted by molar-refractivity contribution is 0.377. The molecule has 1 aliphatic carbocycles. The monoisotopic (exact) mass is 280 g/mol. The predicted molar refractivity (Wildman–Crippen MR) is 81.9 cm³/mol. The Kier molecular flexibility index (Phi) is 5.52. The first kappa shape index (κ1) is 14.7. The van der Waals surface area contributed by atoms with Crippen LogP contribution in [-0.2, 0) is 6.54 Å². The maximum Gasteiger partial charge on any atom is 0.122 e. The zero-order valence-electron chi connectivity index (χ0n) is 12.1. The van der Waals surface area contributed by atoms with Crippen LogP contribution in [0.3, 0.4) is 0 Å². The van der Waals surface area contributed by atoms with Gasteiger partial charge in [0, 0.05) is 35.7 Å². The average molecular weight is 280 g/mol. The van der Waals surface area contributed by atoms with Crippen LogP contribution in [0.15, 0.2) is 12.1 Å². The minimum absolute atomic E-state index is 0.638. The van der Waals surface area contributed by atoms with Crippen molar-refractivity contribution in [3.63, 3.8) is 0 Å². The van der Waals surface area contributed by atoms with Gasteiger partial charge in [-0.05, 0) is 32.4 Å². The Labute approximate surface area is 120 Å². The van der Waals surface area contributed by atoms with E-state index < -0.39 is 0 Å². The van der Waals surface area contributed by atoms with Crippen molar-refractivity contribution in [2.45, 2.75) is 50.4 Å². The van der Waals surface area contributed by atoms with Crippen molar-refractivity contribution in [2.75, 3.05) is 13.4 Å². The number of nitrogens with one attached hydrogen (secondary N) is 1. The smallest absolute Gasteiger partial charge is 0.122 e. The van der Waals surface area contributed by atoms with Crippen molar-refractivity contribution in [3.05, 3.63) is 23.5 Å². The van der Waals surface area contributed by atoms with Crippen LogP contribution in [0.4, 0.5) is 0 Å². The van der Waals surface area contributed by atoms with Gasteiger partial charge in [0.15, 0.2) is 0 Å². The van der Waals surface area contributed by atoms with Gasteiger partial charge in [-0.15, -0.1) is 0 Å². The van der Waals surface area contributed by atoms with E-state index in [1.54, 1.807) is 7.11 Å². The molecule has 2 unspecified atom stereocenters. The highest BCUT2D eigenvalue weighted by Gasteiger charge is 2.20. The highest BCUT2D eigenvalue weighted by molar-refractivity contribution is 7.99. The summed E-state index contributed by atoms with van der Waals surface area (Å²) in [5, 5.41) is 4.47. The number of methoxy groups -OCH3 is 1. The molecule has 4 heteroatoms. The Morgan fingerprint density at radius 3 is 3.00 bits per heavy atom. The van der Waals surface area contributed by atoms with Crippen molar-refractivity contribution < 1.29 is 4.74 Å². The molecule has 2 atom stereocenters. The van der Waals surface area contributed by atoms with Crippen LogP contribution in [0.2, 0.25) is 0 Å². The van der Waals surface area contributed by atoms with Crippen molar-refractivity contribution in [1.82, 2.24) is 10.3 Å². The van der Waals surface area contributed by atoms with Crippen LogP contribution < -0.4 is 10.1 Å². The summed E-state index contributed by atoms with van der Waals surface area (Å²) in [6.45, 7) is 2.85. The van der Waals surface area contributed by atoms with E-state index in [4.69, 9.17) is 4.74 Å². The van der Waals surface area contributed by atoms with Crippen LogP contribution >= 0.6 is 11.8 Å². The summed E-state index contributed by atoms with van der Waals surface area (Å²) < 4.78 is 5.29. The second-order valence-corrected chi connectivity index (χ2v) is 6.38. The van der Waals surface area contributed by atoms with E-state index in [1.807, 2.05) is 30.8 Å². The standard InChI is InChI=1S/C15H24N2OS/c1-11-7-14(18-2)8-13(17-11)10-16-12-5-4-6-15(9-12)19-3/h7-8,12,15-16H,4-6,9-10H2,1-3H3. The molecule has 0 radical (unpaired) electrons. The molecular formula is C15H24N2OS. The van der Waals surface area contributed by atoms with E-state index in [9.17, 15) is 0 Å². The molecule has 0 amide bonds. The summed E-state index contributed by atoms with van der Waals surface area (Å²) in [7, 11) is 1.70. The van der Waals surface area contributed by atoms with Crippen molar-refractivity contribution in [1.29, 1.82) is 0 Å². The molecule has 1 aromatic rings. The fourth-order valence-corrected chi connectivity index (χ4v) is 3.53. The molecule has 3 nitrogen and oxygen atoms in total. The minimum atomic E-state index is 0.638. The van der Waals surface area contributed by atoms with E-state index in [1.165, 1.54) is 25.7 Å². The maximum absolute atomic E-state index is 5.29. The molecule has 1 N–H and O–H groups in total. The highest BCUT2D eigenvalue weighted by Crippen LogP contribution is 2.27. The Balaban J connectivity index is 1.89. The summed E-state index contributed by atoms with van der Waals surface area (Å²) in [6, 6.07) is 4.63. The van der Waals surface area contributed by atoms with E-state index in [0.29, 0.717) is 6.04 Å². The zero-order valence-corrected chi connectivity index (χ0v) is 12.9. The molecule has 1 saturated carbocycles. The van der Waals surface area contributed by atoms with Gasteiger partial charge in [-0.25, -0.2) is 0 Å². The third-order valence-electron chi connectivity index (χ3n) is 3.75. The molecule has 1 fully saturated rings. The van der Waals surface area contributed by atoms with Crippen molar-refractivity contribution in [3.8, 4) is 5.75 Å². The van der Waals surface area contributed by atoms with Crippen LogP contribution in [0.5, 0.6) is 5.75 Å². The first-order chi connectivity index (χ1) is 9.21. The highest BCUT2D eigenvalue weighted by atomic mass is 32.2. The lowest BCUT2D eigenvalue weighted by Crippen LogP contribution is -2.34. The summed E-state index contributed by atoms with van der Waals surface area (Å²) >= 11 is 2.00. The zero-order chi connectivity index (χ0) is 13.7. The average Bonchev–Trinajstić information content (AvgIpc) is 2.44. The first-order valence-electron chi connectivity index (χ1n) is 6.99. The molecule has 1 heterocycles. The Hall–Kier alpha value is -0.740. The number of thioether (sulfide) groups is 1. The number of pyridine rings is 1. The summed E-state index contributed by atoms with van der Waals surface area (Å²) in [5.41, 5.74) is 2.09. The quantitative estimate of drug-likeness (QED) is 0.898. The Morgan fingerprint density at radius 2 is 2.26 bits per heavy atom. The molecule has 0 bridgehead atoms. The van der Waals surface area contributed by atoms with E-state index in [0.717, 1.165) is 28.9 Å². The van der Waals surface area contributed by atoms with Gasteiger partial charge in [0.05, 0.1) is 12.8 Å². The van der Waals surface area contributed by atoms with Gasteiger partial charge < -0.3 is 10.1 Å². The summed E-state index contributed by atoms with van der Waals surface area (Å²) in [5.74, 6) is 0.898. The van der Waals surface area contributed by atoms with E-state index in [2.05, 4.69) is 16.6 Å². The molecule has 0 spiro atoms. The SMILES string of the molecule is COc1cc(C)nc(CNC2CCCC(SC)C2)c1. The van der Waals surface area contributed by atoms with Gasteiger partial charge in [-0.2, -0.15) is 11.8 Å². The maximum atomic E-state index is 5.29. The lowest BCUT2D eigenvalue weighted by atomic mass is 9.95. The van der Waals surface area contributed by atoms with Crippen LogP contribution in [0.1, 0.15) is 37.1 Å². The Morgan fingerprint density at radius 1 is 1.42 bits per heavy atom.